The third-order valence-electron chi connectivity index (χ3n) is 6.22. The number of hydrogen-bond donors (Lipinski definition) is 6. The Morgan fingerprint density at radius 3 is 1.95 bits per heavy atom. The van der Waals surface area contributed by atoms with E-state index < -0.39 is 39.8 Å². The van der Waals surface area contributed by atoms with Gasteiger partial charge in [0.25, 0.3) is 0 Å². The Hall–Kier alpha value is -4.55. The first-order valence-corrected chi connectivity index (χ1v) is 14.7. The van der Waals surface area contributed by atoms with E-state index in [1.54, 1.807) is 36.4 Å². The number of hydrogen-bond acceptors (Lipinski definition) is 6. The van der Waals surface area contributed by atoms with Crippen molar-refractivity contribution in [1.29, 1.82) is 5.41 Å². The van der Waals surface area contributed by atoms with Crippen molar-refractivity contribution < 1.29 is 22.8 Å². The van der Waals surface area contributed by atoms with Crippen LogP contribution in [0.2, 0.25) is 0 Å². The Balaban J connectivity index is 1.72. The number of nitrogens with one attached hydrogen (secondary N) is 4. The van der Waals surface area contributed by atoms with Crippen LogP contribution in [-0.4, -0.2) is 50.3 Å². The zero-order valence-electron chi connectivity index (χ0n) is 22.6. The molecule has 0 aliphatic carbocycles. The molecule has 0 heterocycles. The molecule has 0 bridgehead atoms. The highest BCUT2D eigenvalue weighted by Crippen LogP contribution is 2.20. The van der Waals surface area contributed by atoms with E-state index in [0.717, 1.165) is 22.9 Å². The standard InChI is InChI=1S/C29H34N6O5S/c1-41(39,40)35-25(17-19-7-11-22(12-8-19)21-5-3-2-4-6-21)29(38)34-24(15-16-26(30)36)28(37)33-18-20-9-13-23(14-10-20)27(31)32/h2-14,24-25,35H,15-18H2,1H3,(H2,30,36)(H3,31,32)(H,33,37)(H,34,38). The molecule has 0 spiro atoms. The monoisotopic (exact) mass is 578 g/mol. The van der Waals surface area contributed by atoms with E-state index in [-0.39, 0.29) is 31.6 Å². The molecule has 0 aromatic heterocycles. The number of nitrogens with two attached hydrogens (primary N) is 2. The molecule has 0 saturated heterocycles. The molecular formula is C29H34N6O5S. The van der Waals surface area contributed by atoms with Crippen LogP contribution in [0, 0.1) is 5.41 Å². The first-order valence-electron chi connectivity index (χ1n) is 12.8. The Bertz CT molecular complexity index is 1480. The summed E-state index contributed by atoms with van der Waals surface area (Å²) in [7, 11) is -3.79. The van der Waals surface area contributed by atoms with Gasteiger partial charge in [-0.15, -0.1) is 0 Å². The summed E-state index contributed by atoms with van der Waals surface area (Å²) >= 11 is 0. The van der Waals surface area contributed by atoms with Crippen molar-refractivity contribution >= 4 is 33.6 Å². The highest BCUT2D eigenvalue weighted by molar-refractivity contribution is 7.88. The van der Waals surface area contributed by atoms with Crippen LogP contribution in [0.4, 0.5) is 0 Å². The normalized spacial score (nSPS) is 12.6. The van der Waals surface area contributed by atoms with Crippen molar-refractivity contribution in [2.45, 2.75) is 37.9 Å². The minimum Gasteiger partial charge on any atom is -0.384 e. The zero-order chi connectivity index (χ0) is 30.0. The van der Waals surface area contributed by atoms with Gasteiger partial charge in [-0.1, -0.05) is 78.9 Å². The molecule has 0 aliphatic heterocycles. The Morgan fingerprint density at radius 1 is 0.805 bits per heavy atom. The molecule has 216 valence electrons. The molecule has 2 unspecified atom stereocenters. The average Bonchev–Trinajstić information content (AvgIpc) is 2.93. The van der Waals surface area contributed by atoms with E-state index >= 15 is 0 Å². The minimum absolute atomic E-state index is 0.0284. The molecule has 12 heteroatoms. The van der Waals surface area contributed by atoms with Crippen molar-refractivity contribution in [3.05, 3.63) is 95.6 Å². The summed E-state index contributed by atoms with van der Waals surface area (Å²) < 4.78 is 26.5. The molecule has 2 atom stereocenters. The summed E-state index contributed by atoms with van der Waals surface area (Å²) in [5.41, 5.74) is 14.7. The Kier molecular flexibility index (Phi) is 10.7. The van der Waals surface area contributed by atoms with Crippen LogP contribution in [-0.2, 0) is 37.4 Å². The van der Waals surface area contributed by atoms with Crippen molar-refractivity contribution in [2.75, 3.05) is 6.26 Å². The lowest BCUT2D eigenvalue weighted by atomic mass is 10.0. The van der Waals surface area contributed by atoms with Crippen LogP contribution >= 0.6 is 0 Å². The predicted octanol–water partition coefficient (Wildman–Crippen LogP) is 1.16. The van der Waals surface area contributed by atoms with E-state index in [4.69, 9.17) is 16.9 Å². The maximum absolute atomic E-state index is 13.3. The van der Waals surface area contributed by atoms with Gasteiger partial charge in [0.1, 0.15) is 17.9 Å². The van der Waals surface area contributed by atoms with Gasteiger partial charge in [-0.25, -0.2) is 13.1 Å². The lowest BCUT2D eigenvalue weighted by Gasteiger charge is -2.23. The topological polar surface area (TPSA) is 197 Å². The SMILES string of the molecule is CS(=O)(=O)NC(Cc1ccc(-c2ccccc2)cc1)C(=O)NC(CCC(N)=O)C(=O)NCc1ccc(C(=N)N)cc1. The lowest BCUT2D eigenvalue weighted by molar-refractivity contribution is -0.130. The molecule has 3 aromatic carbocycles. The molecule has 3 aromatic rings. The van der Waals surface area contributed by atoms with Gasteiger partial charge in [0.05, 0.1) is 6.26 Å². The number of sulfonamides is 1. The number of benzene rings is 3. The van der Waals surface area contributed by atoms with Gasteiger partial charge >= 0.3 is 0 Å². The molecule has 0 aliphatic rings. The van der Waals surface area contributed by atoms with Crippen molar-refractivity contribution in [1.82, 2.24) is 15.4 Å². The summed E-state index contributed by atoms with van der Waals surface area (Å²) in [6.07, 6.45) is 0.728. The van der Waals surface area contributed by atoms with Gasteiger partial charge in [-0.2, -0.15) is 0 Å². The number of amides is 3. The largest absolute Gasteiger partial charge is 0.384 e. The predicted molar refractivity (Wildman–Crippen MR) is 157 cm³/mol. The lowest BCUT2D eigenvalue weighted by Crippen LogP contribution is -2.54. The van der Waals surface area contributed by atoms with Crippen LogP contribution in [0.1, 0.15) is 29.5 Å². The smallest absolute Gasteiger partial charge is 0.242 e. The van der Waals surface area contributed by atoms with Gasteiger partial charge in [0, 0.05) is 18.5 Å². The number of nitrogen functional groups attached to an aromatic ring is 1. The van der Waals surface area contributed by atoms with Gasteiger partial charge in [-0.05, 0) is 35.1 Å². The van der Waals surface area contributed by atoms with Gasteiger partial charge < -0.3 is 22.1 Å². The van der Waals surface area contributed by atoms with Crippen molar-refractivity contribution in [3.8, 4) is 11.1 Å². The Morgan fingerprint density at radius 2 is 1.39 bits per heavy atom. The maximum Gasteiger partial charge on any atom is 0.242 e. The number of amidine groups is 1. The van der Waals surface area contributed by atoms with E-state index in [9.17, 15) is 22.8 Å². The molecule has 0 fully saturated rings. The zero-order valence-corrected chi connectivity index (χ0v) is 23.4. The summed E-state index contributed by atoms with van der Waals surface area (Å²) in [5, 5.41) is 12.8. The molecule has 3 amide bonds. The average molecular weight is 579 g/mol. The quantitative estimate of drug-likeness (QED) is 0.123. The van der Waals surface area contributed by atoms with Crippen LogP contribution in [0.25, 0.3) is 11.1 Å². The number of rotatable bonds is 14. The Labute approximate surface area is 239 Å². The van der Waals surface area contributed by atoms with Gasteiger partial charge in [0.2, 0.25) is 27.7 Å². The van der Waals surface area contributed by atoms with E-state index in [2.05, 4.69) is 15.4 Å². The first kappa shape index (κ1) is 31.0. The fraction of sp³-hybridized carbons (Fsp3) is 0.241. The first-order chi connectivity index (χ1) is 19.4. The maximum atomic E-state index is 13.3. The molecular weight excluding hydrogens is 544 g/mol. The van der Waals surface area contributed by atoms with E-state index in [1.807, 2.05) is 42.5 Å². The fourth-order valence-electron chi connectivity index (χ4n) is 4.09. The third-order valence-corrected chi connectivity index (χ3v) is 6.93. The minimum atomic E-state index is -3.79. The number of primary amides is 1. The van der Waals surface area contributed by atoms with Crippen LogP contribution in [0.3, 0.4) is 0 Å². The molecule has 8 N–H and O–H groups in total. The fourth-order valence-corrected chi connectivity index (χ4v) is 4.80. The molecule has 0 saturated carbocycles. The van der Waals surface area contributed by atoms with E-state index in [0.29, 0.717) is 11.1 Å². The second kappa shape index (κ2) is 14.2. The molecule has 11 nitrogen and oxygen atoms in total. The molecule has 3 rings (SSSR count). The highest BCUT2D eigenvalue weighted by Gasteiger charge is 2.28. The number of carbonyl (C=O) groups excluding carboxylic acids is 3. The third kappa shape index (κ3) is 10.2. The summed E-state index contributed by atoms with van der Waals surface area (Å²) in [6.45, 7) is 0.110. The number of carbonyl (C=O) groups is 3. The molecule has 41 heavy (non-hydrogen) atoms. The second-order valence-electron chi connectivity index (χ2n) is 9.60. The van der Waals surface area contributed by atoms with Crippen LogP contribution < -0.4 is 26.8 Å². The van der Waals surface area contributed by atoms with E-state index in [1.165, 1.54) is 0 Å². The second-order valence-corrected chi connectivity index (χ2v) is 11.4. The summed E-state index contributed by atoms with van der Waals surface area (Å²) in [6, 6.07) is 21.4. The van der Waals surface area contributed by atoms with Crippen LogP contribution in [0.5, 0.6) is 0 Å². The van der Waals surface area contributed by atoms with Gasteiger partial charge in [-0.3, -0.25) is 19.8 Å². The van der Waals surface area contributed by atoms with Crippen LogP contribution in [0.15, 0.2) is 78.9 Å². The summed E-state index contributed by atoms with van der Waals surface area (Å²) in [5.74, 6) is -2.03. The summed E-state index contributed by atoms with van der Waals surface area (Å²) in [4.78, 5) is 37.7. The molecule has 0 radical (unpaired) electrons. The van der Waals surface area contributed by atoms with Gasteiger partial charge in [0.15, 0.2) is 0 Å². The van der Waals surface area contributed by atoms with Crippen molar-refractivity contribution in [2.24, 2.45) is 11.5 Å². The highest BCUT2D eigenvalue weighted by atomic mass is 32.2. The van der Waals surface area contributed by atoms with Crippen molar-refractivity contribution in [3.63, 3.8) is 0 Å².